The van der Waals surface area contributed by atoms with Crippen molar-refractivity contribution in [3.63, 3.8) is 0 Å². The van der Waals surface area contributed by atoms with E-state index in [-0.39, 0.29) is 16.7 Å². The molecule has 0 unspecified atom stereocenters. The highest BCUT2D eigenvalue weighted by Gasteiger charge is 2.32. The highest BCUT2D eigenvalue weighted by molar-refractivity contribution is 6.12. The minimum atomic E-state index is -0.00280. The largest absolute Gasteiger partial charge is 0.301 e. The second kappa shape index (κ2) is 10.4. The summed E-state index contributed by atoms with van der Waals surface area (Å²) in [5.41, 5.74) is 12.0. The van der Waals surface area contributed by atoms with Crippen LogP contribution in [0.2, 0.25) is 0 Å². The third kappa shape index (κ3) is 5.49. The number of pyridine rings is 2. The van der Waals surface area contributed by atoms with E-state index in [1.807, 2.05) is 29.4 Å². The van der Waals surface area contributed by atoms with Crippen LogP contribution in [0.15, 0.2) is 103 Å². The van der Waals surface area contributed by atoms with Gasteiger partial charge in [-0.1, -0.05) is 102 Å². The van der Waals surface area contributed by atoms with Gasteiger partial charge in [-0.15, -0.1) is 0 Å². The van der Waals surface area contributed by atoms with E-state index < -0.39 is 0 Å². The lowest BCUT2D eigenvalue weighted by atomic mass is 9.84. The van der Waals surface area contributed by atoms with Crippen molar-refractivity contribution in [1.82, 2.24) is 9.97 Å². The minimum absolute atomic E-state index is 0.00280. The molecule has 42 heavy (non-hydrogen) atoms. The van der Waals surface area contributed by atoms with Crippen LogP contribution in [0, 0.1) is 0 Å². The predicted molar refractivity (Wildman–Crippen MR) is 174 cm³/mol. The van der Waals surface area contributed by atoms with Gasteiger partial charge in [-0.2, -0.15) is 0 Å². The Morgan fingerprint density at radius 1 is 0.548 bits per heavy atom. The van der Waals surface area contributed by atoms with E-state index in [1.165, 1.54) is 11.1 Å². The van der Waals surface area contributed by atoms with Gasteiger partial charge in [0.1, 0.15) is 6.54 Å². The van der Waals surface area contributed by atoms with Crippen LogP contribution in [0.25, 0.3) is 44.8 Å². The number of benzene rings is 3. The van der Waals surface area contributed by atoms with E-state index in [0.29, 0.717) is 6.54 Å². The number of hydrogen-bond donors (Lipinski definition) is 0. The summed E-state index contributed by atoms with van der Waals surface area (Å²) in [5.74, 6) is 0.151. The summed E-state index contributed by atoms with van der Waals surface area (Å²) in [7, 11) is 0. The van der Waals surface area contributed by atoms with Crippen LogP contribution >= 0.6 is 0 Å². The lowest BCUT2D eigenvalue weighted by Gasteiger charge is -2.22. The summed E-state index contributed by atoms with van der Waals surface area (Å²) in [6, 6.07) is 32.0. The van der Waals surface area contributed by atoms with Crippen LogP contribution in [0.1, 0.15) is 52.7 Å². The first-order valence-electron chi connectivity index (χ1n) is 14.6. The topological polar surface area (TPSA) is 45.9 Å². The van der Waals surface area contributed by atoms with E-state index in [2.05, 4.69) is 120 Å². The highest BCUT2D eigenvalue weighted by Crippen LogP contribution is 2.38. The molecule has 1 aliphatic heterocycles. The zero-order valence-corrected chi connectivity index (χ0v) is 25.3. The van der Waals surface area contributed by atoms with Crippen molar-refractivity contribution in [3.05, 3.63) is 115 Å². The number of carbonyl (C=O) groups excluding carboxylic acids is 1. The molecule has 210 valence electrons. The van der Waals surface area contributed by atoms with Gasteiger partial charge in [0.15, 0.2) is 0 Å². The maximum absolute atomic E-state index is 12.1. The summed E-state index contributed by atoms with van der Waals surface area (Å²) in [4.78, 5) is 23.4. The molecule has 6 rings (SSSR count). The molecule has 0 N–H and O–H groups in total. The third-order valence-electron chi connectivity index (χ3n) is 7.94. The van der Waals surface area contributed by atoms with Gasteiger partial charge in [0.2, 0.25) is 5.91 Å². The van der Waals surface area contributed by atoms with Crippen molar-refractivity contribution < 1.29 is 4.79 Å². The molecule has 4 nitrogen and oxygen atoms in total. The molecule has 0 spiro atoms. The molecule has 0 saturated carbocycles. The molecule has 0 atom stereocenters. The third-order valence-corrected chi connectivity index (χ3v) is 7.94. The first kappa shape index (κ1) is 27.6. The molecule has 1 fully saturated rings. The van der Waals surface area contributed by atoms with E-state index in [4.69, 9.17) is 9.97 Å². The summed E-state index contributed by atoms with van der Waals surface area (Å²) >= 11 is 0. The Morgan fingerprint density at radius 3 is 1.29 bits per heavy atom. The summed E-state index contributed by atoms with van der Waals surface area (Å²) < 4.78 is 0. The maximum Gasteiger partial charge on any atom is 0.247 e. The smallest absolute Gasteiger partial charge is 0.247 e. The van der Waals surface area contributed by atoms with Crippen LogP contribution in [-0.4, -0.2) is 22.4 Å². The number of aromatic nitrogens is 2. The number of amides is 1. The monoisotopic (exact) mass is 551 g/mol. The fourth-order valence-electron chi connectivity index (χ4n) is 5.56. The Bertz CT molecular complexity index is 1650. The fourth-order valence-corrected chi connectivity index (χ4v) is 5.56. The Hall–Kier alpha value is -4.57. The second-order valence-corrected chi connectivity index (χ2v) is 13.2. The summed E-state index contributed by atoms with van der Waals surface area (Å²) in [6.07, 6.45) is 3.72. The zero-order chi connectivity index (χ0) is 29.6. The zero-order valence-electron chi connectivity index (χ0n) is 25.3. The number of hydrogen-bond acceptors (Lipinski definition) is 3. The van der Waals surface area contributed by atoms with Crippen molar-refractivity contribution in [3.8, 4) is 44.8 Å². The van der Waals surface area contributed by atoms with Crippen molar-refractivity contribution in [2.75, 3.05) is 11.4 Å². The minimum Gasteiger partial charge on any atom is -0.301 e. The van der Waals surface area contributed by atoms with Gasteiger partial charge >= 0.3 is 0 Å². The van der Waals surface area contributed by atoms with E-state index in [1.54, 1.807) is 0 Å². The molecular weight excluding hydrogens is 514 g/mol. The predicted octanol–water partition coefficient (Wildman–Crippen LogP) is 9.09. The van der Waals surface area contributed by atoms with E-state index in [0.717, 1.165) is 50.5 Å². The van der Waals surface area contributed by atoms with Crippen molar-refractivity contribution in [2.24, 2.45) is 0 Å². The molecule has 2 aromatic heterocycles. The van der Waals surface area contributed by atoms with Gasteiger partial charge in [-0.25, -0.2) is 0 Å². The first-order chi connectivity index (χ1) is 20.0. The average Bonchev–Trinajstić information content (AvgIpc) is 3.73. The first-order valence-corrected chi connectivity index (χ1v) is 14.6. The summed E-state index contributed by atoms with van der Waals surface area (Å²) in [5, 5.41) is 0. The Labute approximate surface area is 249 Å². The lowest BCUT2D eigenvalue weighted by Crippen LogP contribution is -2.13. The van der Waals surface area contributed by atoms with Crippen LogP contribution < -0.4 is 4.90 Å². The SMILES string of the molecule is CC(C)(C)c1cccnc1-c1ccc(-c2cc(-c3ccc(-c4ncccc4C(C)(C)C)cc3)cc(N3CC3=O)c2)cc1. The van der Waals surface area contributed by atoms with E-state index >= 15 is 0 Å². The molecule has 1 aliphatic rings. The molecule has 0 radical (unpaired) electrons. The van der Waals surface area contributed by atoms with Crippen LogP contribution in [-0.2, 0) is 15.6 Å². The van der Waals surface area contributed by atoms with Crippen LogP contribution in [0.3, 0.4) is 0 Å². The maximum atomic E-state index is 12.1. The number of nitrogens with zero attached hydrogens (tertiary/aromatic N) is 3. The summed E-state index contributed by atoms with van der Waals surface area (Å²) in [6.45, 7) is 13.8. The van der Waals surface area contributed by atoms with Crippen molar-refractivity contribution in [1.29, 1.82) is 0 Å². The van der Waals surface area contributed by atoms with Gasteiger partial charge in [-0.05, 0) is 74.5 Å². The van der Waals surface area contributed by atoms with Crippen LogP contribution in [0.4, 0.5) is 5.69 Å². The standard InChI is InChI=1S/C38H37N3O/c1-37(2,3)32-9-7-19-39-35(32)27-15-11-25(12-16-27)29-21-30(23-31(22-29)41-24-34(41)42)26-13-17-28(18-14-26)36-33(38(4,5)6)10-8-20-40-36/h7-23H,24H2,1-6H3. The Kier molecular flexibility index (Phi) is 6.81. The van der Waals surface area contributed by atoms with Crippen molar-refractivity contribution >= 4 is 11.6 Å². The van der Waals surface area contributed by atoms with Gasteiger partial charge in [0.25, 0.3) is 0 Å². The Balaban J connectivity index is 1.37. The van der Waals surface area contributed by atoms with E-state index in [9.17, 15) is 4.79 Å². The van der Waals surface area contributed by atoms with Crippen LogP contribution in [0.5, 0.6) is 0 Å². The molecule has 1 saturated heterocycles. The van der Waals surface area contributed by atoms with Gasteiger partial charge in [-0.3, -0.25) is 14.8 Å². The molecule has 5 aromatic rings. The molecule has 4 heteroatoms. The molecule has 1 amide bonds. The van der Waals surface area contributed by atoms with Gasteiger partial charge < -0.3 is 4.90 Å². The molecule has 3 aromatic carbocycles. The van der Waals surface area contributed by atoms with Gasteiger partial charge in [0.05, 0.1) is 11.4 Å². The number of carbonyl (C=O) groups is 1. The fraction of sp³-hybridized carbons (Fsp3) is 0.237. The lowest BCUT2D eigenvalue weighted by molar-refractivity contribution is -0.109. The number of rotatable bonds is 5. The quantitative estimate of drug-likeness (QED) is 0.205. The molecule has 0 aliphatic carbocycles. The molecule has 3 heterocycles. The average molecular weight is 552 g/mol. The highest BCUT2D eigenvalue weighted by atomic mass is 16.2. The second-order valence-electron chi connectivity index (χ2n) is 13.2. The van der Waals surface area contributed by atoms with Gasteiger partial charge in [0, 0.05) is 29.2 Å². The van der Waals surface area contributed by atoms with Crippen molar-refractivity contribution in [2.45, 2.75) is 52.4 Å². The molecular formula is C38H37N3O. The number of anilines is 1. The Morgan fingerprint density at radius 2 is 0.929 bits per heavy atom. The normalized spacial score (nSPS) is 13.4. The molecule has 0 bridgehead atoms.